The van der Waals surface area contributed by atoms with E-state index in [-0.39, 0.29) is 23.9 Å². The summed E-state index contributed by atoms with van der Waals surface area (Å²) in [6.07, 6.45) is -0.699. The molecular formula is C39H53N5O6Si. The van der Waals surface area contributed by atoms with Crippen LogP contribution in [0.15, 0.2) is 72.8 Å². The Morgan fingerprint density at radius 3 is 1.98 bits per heavy atom. The summed E-state index contributed by atoms with van der Waals surface area (Å²) in [4.78, 5) is 53.7. The van der Waals surface area contributed by atoms with Gasteiger partial charge in [-0.2, -0.15) is 0 Å². The highest BCUT2D eigenvalue weighted by molar-refractivity contribution is 6.74. The lowest BCUT2D eigenvalue weighted by atomic mass is 10.0. The summed E-state index contributed by atoms with van der Waals surface area (Å²) in [5.74, 6) is -1.25. The molecule has 4 rings (SSSR count). The molecule has 0 bridgehead atoms. The third-order valence-corrected chi connectivity index (χ3v) is 14.3. The fourth-order valence-corrected chi connectivity index (χ4v) is 6.86. The van der Waals surface area contributed by atoms with E-state index in [4.69, 9.17) is 14.9 Å². The Bertz CT molecular complexity index is 1660. The van der Waals surface area contributed by atoms with Crippen LogP contribution >= 0.6 is 0 Å². The maximum Gasteiger partial charge on any atom is 0.411 e. The quantitative estimate of drug-likeness (QED) is 0.105. The van der Waals surface area contributed by atoms with E-state index in [9.17, 15) is 19.2 Å². The molecule has 3 aromatic carbocycles. The Kier molecular flexibility index (Phi) is 12.7. The number of fused-ring (bicyclic) bond motifs is 3. The smallest absolute Gasteiger partial charge is 0.411 e. The van der Waals surface area contributed by atoms with E-state index >= 15 is 0 Å². The first kappa shape index (κ1) is 39.1. The molecule has 5 amide bonds. The number of carbonyl (C=O) groups excluding carboxylic acids is 4. The average Bonchev–Trinajstić information content (AvgIpc) is 3.38. The molecular weight excluding hydrogens is 663 g/mol. The minimum absolute atomic E-state index is 0.0887. The van der Waals surface area contributed by atoms with Crippen LogP contribution in [0.5, 0.6) is 0 Å². The highest BCUT2D eigenvalue weighted by atomic mass is 28.4. The number of hydrogen-bond acceptors (Lipinski definition) is 6. The number of urea groups is 1. The number of ether oxygens (including phenoxy) is 1. The molecule has 0 radical (unpaired) electrons. The summed E-state index contributed by atoms with van der Waals surface area (Å²) in [6, 6.07) is 20.4. The zero-order valence-corrected chi connectivity index (χ0v) is 32.0. The predicted octanol–water partition coefficient (Wildman–Crippen LogP) is 6.94. The zero-order valence-electron chi connectivity index (χ0n) is 31.0. The lowest BCUT2D eigenvalue weighted by Gasteiger charge is -2.36. The Labute approximate surface area is 302 Å². The van der Waals surface area contributed by atoms with Crippen molar-refractivity contribution in [1.29, 1.82) is 0 Å². The van der Waals surface area contributed by atoms with Crippen LogP contribution in [-0.2, 0) is 25.4 Å². The van der Waals surface area contributed by atoms with Crippen molar-refractivity contribution in [2.45, 2.75) is 90.4 Å². The Hall–Kier alpha value is -4.68. The Balaban J connectivity index is 1.45. The molecule has 0 unspecified atom stereocenters. The van der Waals surface area contributed by atoms with E-state index in [0.717, 1.165) is 27.8 Å². The van der Waals surface area contributed by atoms with Gasteiger partial charge >= 0.3 is 12.1 Å². The number of likely N-dealkylation sites (N-methyl/N-ethyl adjacent to an activating group) is 1. The van der Waals surface area contributed by atoms with Gasteiger partial charge in [0.05, 0.1) is 6.61 Å². The zero-order chi connectivity index (χ0) is 37.5. The molecule has 0 aliphatic heterocycles. The highest BCUT2D eigenvalue weighted by Gasteiger charge is 2.38. The highest BCUT2D eigenvalue weighted by Crippen LogP contribution is 2.45. The Morgan fingerprint density at radius 1 is 0.882 bits per heavy atom. The molecule has 0 aromatic heterocycles. The second-order valence-corrected chi connectivity index (χ2v) is 19.8. The van der Waals surface area contributed by atoms with Crippen molar-refractivity contribution in [1.82, 2.24) is 15.5 Å². The predicted molar refractivity (Wildman–Crippen MR) is 202 cm³/mol. The number of carbonyl (C=O) groups is 4. The van der Waals surface area contributed by atoms with Gasteiger partial charge < -0.3 is 30.8 Å². The summed E-state index contributed by atoms with van der Waals surface area (Å²) in [5.41, 5.74) is 10.5. The van der Waals surface area contributed by atoms with E-state index in [2.05, 4.69) is 49.8 Å². The van der Waals surface area contributed by atoms with Crippen molar-refractivity contribution in [3.05, 3.63) is 89.5 Å². The van der Waals surface area contributed by atoms with Crippen molar-refractivity contribution in [3.8, 4) is 11.1 Å². The van der Waals surface area contributed by atoms with E-state index in [1.807, 2.05) is 74.5 Å². The van der Waals surface area contributed by atoms with Gasteiger partial charge in [-0.25, -0.2) is 9.59 Å². The van der Waals surface area contributed by atoms with Gasteiger partial charge in [-0.3, -0.25) is 14.5 Å². The SMILES string of the molecule is CC(C)[C@@H](C(=O)N[C@@H](CCCNC(N)=O)C(=O)Nc1ccc(CO[Si](C)(C)C(C)(C)C)cc1)N(C)C(=O)OC1c2ccccc2-c2ccccc21. The number of primary amides is 1. The number of nitrogens with two attached hydrogens (primary N) is 1. The summed E-state index contributed by atoms with van der Waals surface area (Å²) < 4.78 is 12.4. The second kappa shape index (κ2) is 16.6. The summed E-state index contributed by atoms with van der Waals surface area (Å²) in [7, 11) is -0.399. The van der Waals surface area contributed by atoms with Crippen LogP contribution in [0, 0.1) is 5.92 Å². The number of hydrogen-bond donors (Lipinski definition) is 4. The van der Waals surface area contributed by atoms with E-state index < -0.39 is 50.4 Å². The fraction of sp³-hybridized carbons (Fsp3) is 0.436. The van der Waals surface area contributed by atoms with Crippen molar-refractivity contribution in [2.24, 2.45) is 11.7 Å². The lowest BCUT2D eigenvalue weighted by molar-refractivity contribution is -0.131. The van der Waals surface area contributed by atoms with Crippen molar-refractivity contribution >= 4 is 37.9 Å². The molecule has 2 atom stereocenters. The van der Waals surface area contributed by atoms with Gasteiger partial charge in [0.2, 0.25) is 11.8 Å². The van der Waals surface area contributed by atoms with Crippen LogP contribution in [0.3, 0.4) is 0 Å². The molecule has 0 saturated carbocycles. The molecule has 1 aliphatic carbocycles. The number of nitrogens with one attached hydrogen (secondary N) is 3. The van der Waals surface area contributed by atoms with Crippen molar-refractivity contribution < 1.29 is 28.3 Å². The fourth-order valence-electron chi connectivity index (χ4n) is 5.90. The first-order chi connectivity index (χ1) is 24.0. The van der Waals surface area contributed by atoms with Gasteiger partial charge in [0.15, 0.2) is 14.4 Å². The van der Waals surface area contributed by atoms with E-state index in [1.54, 1.807) is 12.1 Å². The molecule has 3 aromatic rings. The number of benzene rings is 3. The molecule has 1 aliphatic rings. The van der Waals surface area contributed by atoms with Crippen LogP contribution < -0.4 is 21.7 Å². The molecule has 0 spiro atoms. The van der Waals surface area contributed by atoms with E-state index in [1.165, 1.54) is 11.9 Å². The third kappa shape index (κ3) is 9.76. The molecule has 0 heterocycles. The van der Waals surface area contributed by atoms with Gasteiger partial charge in [0.25, 0.3) is 0 Å². The minimum Gasteiger partial charge on any atom is -0.436 e. The van der Waals surface area contributed by atoms with Crippen LogP contribution in [0.1, 0.15) is 70.3 Å². The van der Waals surface area contributed by atoms with Gasteiger partial charge in [0, 0.05) is 30.4 Å². The van der Waals surface area contributed by atoms with Crippen LogP contribution in [0.25, 0.3) is 11.1 Å². The normalized spacial score (nSPS) is 13.8. The maximum atomic E-state index is 13.9. The number of amides is 5. The lowest BCUT2D eigenvalue weighted by Crippen LogP contribution is -2.55. The minimum atomic E-state index is -1.93. The maximum absolute atomic E-state index is 13.9. The molecule has 0 saturated heterocycles. The second-order valence-electron chi connectivity index (χ2n) is 15.0. The van der Waals surface area contributed by atoms with E-state index in [0.29, 0.717) is 18.7 Å². The molecule has 12 heteroatoms. The first-order valence-corrected chi connectivity index (χ1v) is 20.4. The summed E-state index contributed by atoms with van der Waals surface area (Å²) in [5, 5.41) is 8.38. The van der Waals surface area contributed by atoms with Crippen LogP contribution in [0.2, 0.25) is 18.1 Å². The monoisotopic (exact) mass is 715 g/mol. The molecule has 274 valence electrons. The summed E-state index contributed by atoms with van der Waals surface area (Å²) in [6.45, 7) is 15.3. The van der Waals surface area contributed by atoms with Gasteiger partial charge in [-0.15, -0.1) is 0 Å². The summed E-state index contributed by atoms with van der Waals surface area (Å²) >= 11 is 0. The molecule has 0 fully saturated rings. The van der Waals surface area contributed by atoms with Crippen molar-refractivity contribution in [2.75, 3.05) is 18.9 Å². The first-order valence-electron chi connectivity index (χ1n) is 17.5. The molecule has 51 heavy (non-hydrogen) atoms. The molecule has 5 N–H and O–H groups in total. The van der Waals surface area contributed by atoms with Crippen LogP contribution in [-0.4, -0.2) is 62.8 Å². The largest absolute Gasteiger partial charge is 0.436 e. The number of nitrogens with zero attached hydrogens (tertiary/aromatic N) is 1. The van der Waals surface area contributed by atoms with Gasteiger partial charge in [-0.05, 0) is 65.7 Å². The van der Waals surface area contributed by atoms with Gasteiger partial charge in [0.1, 0.15) is 12.1 Å². The number of anilines is 1. The van der Waals surface area contributed by atoms with Crippen molar-refractivity contribution in [3.63, 3.8) is 0 Å². The standard InChI is InChI=1S/C39H53N5O6Si/c1-25(2)33(44(6)38(48)50-34-30-16-11-9-14-28(30)29-15-10-12-17-31(29)34)36(46)43-32(18-13-23-41-37(40)47)35(45)42-27-21-19-26(20-22-27)24-49-51(7,8)39(3,4)5/h9-12,14-17,19-22,25,32-34H,13,18,23-24H2,1-8H3,(H,42,45)(H,43,46)(H3,40,41,47)/t32-,33-/m0/s1. The molecule has 11 nitrogen and oxygen atoms in total. The van der Waals surface area contributed by atoms with Gasteiger partial charge in [-0.1, -0.05) is 95.3 Å². The number of rotatable bonds is 14. The topological polar surface area (TPSA) is 152 Å². The average molecular weight is 716 g/mol. The Morgan fingerprint density at radius 2 is 1.45 bits per heavy atom. The van der Waals surface area contributed by atoms with Crippen LogP contribution in [0.4, 0.5) is 15.3 Å². The third-order valence-electron chi connectivity index (χ3n) is 9.83.